The van der Waals surface area contributed by atoms with Crippen molar-refractivity contribution in [3.05, 3.63) is 78.9 Å². The second kappa shape index (κ2) is 19.3. The van der Waals surface area contributed by atoms with Gasteiger partial charge in [0.2, 0.25) is 30.1 Å². The van der Waals surface area contributed by atoms with Crippen molar-refractivity contribution >= 4 is 74.2 Å². The van der Waals surface area contributed by atoms with Gasteiger partial charge in [0.1, 0.15) is 22.6 Å². The molecule has 2 aliphatic heterocycles. The maximum atomic E-state index is 13.9. The Bertz CT molecular complexity index is 3840. The van der Waals surface area contributed by atoms with Crippen LogP contribution in [0.15, 0.2) is 93.5 Å². The van der Waals surface area contributed by atoms with E-state index in [9.17, 15) is 25.3 Å². The molecule has 0 saturated heterocycles. The maximum absolute atomic E-state index is 13.9. The van der Waals surface area contributed by atoms with Gasteiger partial charge in [-0.2, -0.15) is 0 Å². The lowest BCUT2D eigenvalue weighted by Crippen LogP contribution is -2.37. The normalized spacial score (nSPS) is 13.4. The molecule has 0 fully saturated rings. The van der Waals surface area contributed by atoms with E-state index in [2.05, 4.69) is 24.1 Å². The molecule has 0 spiro atoms. The number of aromatic amines is 2. The number of aromatic nitrogens is 8. The minimum Gasteiger partial charge on any atom is -0.331 e. The van der Waals surface area contributed by atoms with Gasteiger partial charge in [0.25, 0.3) is 0 Å². The maximum Gasteiger partial charge on any atom is 0.240 e. The van der Waals surface area contributed by atoms with Crippen molar-refractivity contribution in [1.82, 2.24) is 54.0 Å². The fourth-order valence-corrected chi connectivity index (χ4v) is 12.0. The van der Waals surface area contributed by atoms with Gasteiger partial charge in [-0.05, 0) is 54.6 Å². The van der Waals surface area contributed by atoms with Crippen molar-refractivity contribution in [3.63, 3.8) is 0 Å². The summed E-state index contributed by atoms with van der Waals surface area (Å²) in [7, 11) is 6.46. The van der Waals surface area contributed by atoms with Gasteiger partial charge in [-0.25, -0.2) is 69.3 Å². The fourth-order valence-electron chi connectivity index (χ4n) is 8.71. The van der Waals surface area contributed by atoms with Gasteiger partial charge in [-0.1, -0.05) is 24.3 Å². The van der Waals surface area contributed by atoms with E-state index in [0.717, 1.165) is 19.6 Å². The molecule has 0 saturated carbocycles. The fraction of sp³-hybridized carbons (Fsp3) is 0.360. The zero-order chi connectivity index (χ0) is 52.3. The van der Waals surface area contributed by atoms with Crippen LogP contribution in [0.3, 0.4) is 0 Å². The van der Waals surface area contributed by atoms with Crippen LogP contribution in [0.5, 0.6) is 0 Å². The van der Waals surface area contributed by atoms with Crippen LogP contribution in [-0.4, -0.2) is 181 Å². The number of hydrogen-bond donors (Lipinski definition) is 5. The number of sulfonamides is 3. The van der Waals surface area contributed by atoms with E-state index in [1.54, 1.807) is 24.3 Å². The molecule has 9 rings (SSSR count). The minimum atomic E-state index is -4.01. The number of hydrogen-bond acceptors (Lipinski definition) is 12. The zero-order valence-electron chi connectivity index (χ0n) is 42.6. The predicted molar refractivity (Wildman–Crippen MR) is 284 cm³/mol. The van der Waals surface area contributed by atoms with Crippen LogP contribution in [0, 0.1) is 0 Å². The largest absolute Gasteiger partial charge is 0.331 e. The number of benzene rings is 4. The van der Waals surface area contributed by atoms with Crippen LogP contribution in [0.2, 0.25) is 0 Å². The average Bonchev–Trinajstić information content (AvgIpc) is 4.05. The third-order valence-electron chi connectivity index (χ3n) is 12.5. The minimum absolute atomic E-state index is 0.0149. The number of fused-ring (bicyclic) bond motifs is 20. The molecule has 0 unspecified atom stereocenters. The summed E-state index contributed by atoms with van der Waals surface area (Å²) in [6.07, 6.45) is 1.87. The van der Waals surface area contributed by atoms with Crippen LogP contribution >= 0.6 is 0 Å². The van der Waals surface area contributed by atoms with Gasteiger partial charge < -0.3 is 23.4 Å². The highest BCUT2D eigenvalue weighted by atomic mass is 32.2. The van der Waals surface area contributed by atoms with E-state index < -0.39 is 30.1 Å². The van der Waals surface area contributed by atoms with Gasteiger partial charge in [0.15, 0.2) is 23.3 Å². The standard InChI is InChI=1S/C50H63N14O6S3/c1-62(2,3)26-12-23-51-71(65,66)32-17-20-37-40(29-32)49-57-45(37)55-43-35-15-10-11-16-36(35)44(54-43)56-48-41-30-33(72(67,68)52-24-13-27-63(4,5)6)18-21-38(41)46(58-48)60-50-42-31-34(19-22-39(42)47(59-49)61-50)73(69,70)53-25-14-28-64(7,8)9/h10-11,15-22,29-31,51-53H,12-14,23-28H2,1-9H3,(H2,54,55,56,57,58,59,60,61)/q+3. The first-order chi connectivity index (χ1) is 34.2. The summed E-state index contributed by atoms with van der Waals surface area (Å²) in [5.41, 5.74) is 3.04. The smallest absolute Gasteiger partial charge is 0.240 e. The Morgan fingerprint density at radius 2 is 0.712 bits per heavy atom. The molecule has 384 valence electrons. The van der Waals surface area contributed by atoms with Crippen molar-refractivity contribution in [2.45, 2.75) is 33.9 Å². The summed E-state index contributed by atoms with van der Waals surface area (Å²) >= 11 is 0. The summed E-state index contributed by atoms with van der Waals surface area (Å²) in [4.78, 5) is 36.7. The number of H-pyrrole nitrogens is 2. The molecule has 0 atom stereocenters. The van der Waals surface area contributed by atoms with E-state index in [1.807, 2.05) is 87.7 Å². The zero-order valence-corrected chi connectivity index (χ0v) is 45.0. The molecule has 7 aromatic rings. The average molecular weight is 1050 g/mol. The van der Waals surface area contributed by atoms with Crippen molar-refractivity contribution in [2.24, 2.45) is 0 Å². The molecule has 5 N–H and O–H groups in total. The van der Waals surface area contributed by atoms with E-state index in [1.165, 1.54) is 30.3 Å². The number of rotatable bonds is 18. The van der Waals surface area contributed by atoms with E-state index in [0.29, 0.717) is 93.5 Å². The van der Waals surface area contributed by atoms with Gasteiger partial charge >= 0.3 is 0 Å². The first-order valence-corrected chi connectivity index (χ1v) is 28.4. The highest BCUT2D eigenvalue weighted by Crippen LogP contribution is 2.40. The van der Waals surface area contributed by atoms with Crippen molar-refractivity contribution in [3.8, 4) is 45.6 Å². The molecule has 2 aliphatic rings. The van der Waals surface area contributed by atoms with Gasteiger partial charge in [0.05, 0.1) is 97.7 Å². The van der Waals surface area contributed by atoms with Crippen LogP contribution in [-0.2, 0) is 30.1 Å². The molecule has 3 aromatic heterocycles. The second-order valence-corrected chi connectivity index (χ2v) is 26.9. The number of nitrogens with zero attached hydrogens (tertiary/aromatic N) is 9. The Balaban J connectivity index is 1.26. The molecule has 4 aromatic carbocycles. The quantitative estimate of drug-likeness (QED) is 0.0564. The van der Waals surface area contributed by atoms with Crippen molar-refractivity contribution in [1.29, 1.82) is 0 Å². The SMILES string of the molecule is C[N+](C)(C)CCCNS(=O)(=O)c1ccc2c(c1)-c1nc3nc(nc4[nH]c(nc5[nH]c(nc-2n1)c1cc(S(=O)(=O)NCCC[N+](C)(C)C)ccc51)c1ccccc41)-c1cc(S(=O)(=O)NCCC[N+](C)(C)C)ccc1-3. The molecule has 5 heterocycles. The molecular formula is C50H63N14O6S3+3. The van der Waals surface area contributed by atoms with Crippen LogP contribution < -0.4 is 14.2 Å². The lowest BCUT2D eigenvalue weighted by molar-refractivity contribution is -0.870. The van der Waals surface area contributed by atoms with Gasteiger partial charge in [-0.15, -0.1) is 0 Å². The van der Waals surface area contributed by atoms with E-state index in [-0.39, 0.29) is 63.3 Å². The van der Waals surface area contributed by atoms with E-state index in [4.69, 9.17) is 29.9 Å². The first kappa shape index (κ1) is 51.7. The summed E-state index contributed by atoms with van der Waals surface area (Å²) < 4.78 is 93.3. The third kappa shape index (κ3) is 11.5. The first-order valence-electron chi connectivity index (χ1n) is 24.0. The summed E-state index contributed by atoms with van der Waals surface area (Å²) in [5, 5.41) is 2.41. The summed E-state index contributed by atoms with van der Waals surface area (Å²) in [5.74, 6) is 0.547. The lowest BCUT2D eigenvalue weighted by atomic mass is 10.1. The number of quaternary nitrogens is 3. The van der Waals surface area contributed by atoms with Crippen molar-refractivity contribution in [2.75, 3.05) is 103 Å². The Labute approximate surface area is 425 Å². The molecule has 0 amide bonds. The Kier molecular flexibility index (Phi) is 13.7. The highest BCUT2D eigenvalue weighted by Gasteiger charge is 2.28. The Morgan fingerprint density at radius 1 is 0.384 bits per heavy atom. The van der Waals surface area contributed by atoms with Crippen LogP contribution in [0.25, 0.3) is 89.7 Å². The number of nitrogens with one attached hydrogen (secondary N) is 5. The van der Waals surface area contributed by atoms with Crippen molar-refractivity contribution < 1.29 is 38.7 Å². The topological polar surface area (TPSA) is 247 Å². The molecular weight excluding hydrogens is 989 g/mol. The lowest BCUT2D eigenvalue weighted by Gasteiger charge is -2.23. The summed E-state index contributed by atoms with van der Waals surface area (Å²) in [6.45, 7) is 3.00. The van der Waals surface area contributed by atoms with Crippen LogP contribution in [0.4, 0.5) is 0 Å². The highest BCUT2D eigenvalue weighted by molar-refractivity contribution is 7.90. The monoisotopic (exact) mass is 1050 g/mol. The Hall–Kier alpha value is -6.15. The molecule has 0 radical (unpaired) electrons. The molecule has 0 aliphatic carbocycles. The van der Waals surface area contributed by atoms with Gasteiger partial charge in [-0.3, -0.25) is 0 Å². The molecule has 73 heavy (non-hydrogen) atoms. The summed E-state index contributed by atoms with van der Waals surface area (Å²) in [6, 6.07) is 21.5. The van der Waals surface area contributed by atoms with E-state index >= 15 is 0 Å². The van der Waals surface area contributed by atoms with Gasteiger partial charge in [0, 0.05) is 82.7 Å². The molecule has 20 nitrogen and oxygen atoms in total. The predicted octanol–water partition coefficient (Wildman–Crippen LogP) is 4.99. The molecule has 8 bridgehead atoms. The Morgan fingerprint density at radius 3 is 1.14 bits per heavy atom. The third-order valence-corrected chi connectivity index (χ3v) is 16.9. The molecule has 23 heteroatoms. The second-order valence-electron chi connectivity index (χ2n) is 21.6. The van der Waals surface area contributed by atoms with Crippen LogP contribution in [0.1, 0.15) is 19.3 Å².